The maximum absolute atomic E-state index is 12.2. The van der Waals surface area contributed by atoms with Gasteiger partial charge in [-0.1, -0.05) is 0 Å². The van der Waals surface area contributed by atoms with Gasteiger partial charge in [0.2, 0.25) is 11.8 Å². The van der Waals surface area contributed by atoms with Gasteiger partial charge in [-0.05, 0) is 18.6 Å². The lowest BCUT2D eigenvalue weighted by Crippen LogP contribution is -2.44. The first-order valence-electron chi connectivity index (χ1n) is 7.75. The topological polar surface area (TPSA) is 102 Å². The highest BCUT2D eigenvalue weighted by molar-refractivity contribution is 7.91. The van der Waals surface area contributed by atoms with Gasteiger partial charge in [0.15, 0.2) is 21.3 Å². The molecule has 0 aliphatic carbocycles. The highest BCUT2D eigenvalue weighted by atomic mass is 32.2. The number of nitrogens with zero attached hydrogens (tertiary/aromatic N) is 1. The number of sulfone groups is 1. The Hall–Kier alpha value is -2.29. The predicted octanol–water partition coefficient (Wildman–Crippen LogP) is 0.360. The van der Waals surface area contributed by atoms with E-state index in [1.165, 1.54) is 26.0 Å². The molecule has 1 heterocycles. The van der Waals surface area contributed by atoms with Gasteiger partial charge in [-0.2, -0.15) is 0 Å². The Labute approximate surface area is 147 Å². The molecule has 2 rings (SSSR count). The molecule has 138 valence electrons. The molecule has 0 radical (unpaired) electrons. The lowest BCUT2D eigenvalue weighted by atomic mass is 10.2. The van der Waals surface area contributed by atoms with Crippen LogP contribution in [0.1, 0.15) is 13.3 Å². The molecule has 25 heavy (non-hydrogen) atoms. The van der Waals surface area contributed by atoms with Crippen LogP contribution in [0.25, 0.3) is 0 Å². The van der Waals surface area contributed by atoms with Crippen molar-refractivity contribution in [2.45, 2.75) is 19.4 Å². The molecule has 2 amide bonds. The van der Waals surface area contributed by atoms with E-state index in [1.54, 1.807) is 18.2 Å². The van der Waals surface area contributed by atoms with Crippen LogP contribution in [0, 0.1) is 0 Å². The van der Waals surface area contributed by atoms with E-state index in [1.807, 2.05) is 0 Å². The number of amides is 2. The van der Waals surface area contributed by atoms with E-state index in [2.05, 4.69) is 5.32 Å². The number of nitrogens with one attached hydrogen (secondary N) is 1. The molecular weight excluding hydrogens is 348 g/mol. The third-order valence-corrected chi connectivity index (χ3v) is 5.73. The molecule has 0 aromatic heterocycles. The van der Waals surface area contributed by atoms with Crippen molar-refractivity contribution in [1.82, 2.24) is 5.32 Å². The average Bonchev–Trinajstić information content (AvgIpc) is 2.90. The van der Waals surface area contributed by atoms with Crippen molar-refractivity contribution in [2.75, 3.05) is 37.2 Å². The molecule has 1 aromatic carbocycles. The zero-order valence-electron chi connectivity index (χ0n) is 14.4. The number of carbonyl (C=O) groups excluding carboxylic acids is 2. The molecule has 8 nitrogen and oxygen atoms in total. The number of carbonyl (C=O) groups is 2. The highest BCUT2D eigenvalue weighted by Crippen LogP contribution is 2.31. The van der Waals surface area contributed by atoms with Gasteiger partial charge < -0.3 is 19.7 Å². The van der Waals surface area contributed by atoms with E-state index >= 15 is 0 Å². The second kappa shape index (κ2) is 7.73. The standard InChI is InChI=1S/C16H22N2O6S/c1-11(19)18(13-4-5-14(23-2)15(8-13)24-3)9-16(20)17-12-6-7-25(21,22)10-12/h4-5,8,12H,6-7,9-10H2,1-3H3,(H,17,20). The summed E-state index contributed by atoms with van der Waals surface area (Å²) in [4.78, 5) is 25.5. The Kier molecular flexibility index (Phi) is 5.89. The first-order chi connectivity index (χ1) is 11.8. The molecule has 1 aliphatic heterocycles. The van der Waals surface area contributed by atoms with Crippen LogP contribution in [0.4, 0.5) is 5.69 Å². The predicted molar refractivity (Wildman–Crippen MR) is 92.8 cm³/mol. The van der Waals surface area contributed by atoms with E-state index in [9.17, 15) is 18.0 Å². The summed E-state index contributed by atoms with van der Waals surface area (Å²) in [5.74, 6) is 0.233. The van der Waals surface area contributed by atoms with Gasteiger partial charge in [0.1, 0.15) is 6.54 Å². The monoisotopic (exact) mass is 370 g/mol. The smallest absolute Gasteiger partial charge is 0.240 e. The molecule has 1 saturated heterocycles. The molecule has 1 N–H and O–H groups in total. The van der Waals surface area contributed by atoms with Crippen molar-refractivity contribution >= 4 is 27.3 Å². The number of hydrogen-bond acceptors (Lipinski definition) is 6. The van der Waals surface area contributed by atoms with Gasteiger partial charge in [-0.15, -0.1) is 0 Å². The van der Waals surface area contributed by atoms with Crippen molar-refractivity contribution in [2.24, 2.45) is 0 Å². The third kappa shape index (κ3) is 4.85. The lowest BCUT2D eigenvalue weighted by molar-refractivity contribution is -0.123. The fraction of sp³-hybridized carbons (Fsp3) is 0.500. The summed E-state index contributed by atoms with van der Waals surface area (Å²) in [6.07, 6.45) is 0.393. The number of hydrogen-bond donors (Lipinski definition) is 1. The van der Waals surface area contributed by atoms with Crippen LogP contribution in [0.15, 0.2) is 18.2 Å². The normalized spacial score (nSPS) is 18.4. The van der Waals surface area contributed by atoms with Crippen molar-refractivity contribution < 1.29 is 27.5 Å². The second-order valence-electron chi connectivity index (χ2n) is 5.81. The molecule has 1 unspecified atom stereocenters. The van der Waals surface area contributed by atoms with Crippen LogP contribution in [-0.2, 0) is 19.4 Å². The Morgan fingerprint density at radius 1 is 1.24 bits per heavy atom. The van der Waals surface area contributed by atoms with Gasteiger partial charge in [0, 0.05) is 24.7 Å². The summed E-state index contributed by atoms with van der Waals surface area (Å²) in [6, 6.07) is 4.49. The number of ether oxygens (including phenoxy) is 2. The molecular formula is C16H22N2O6S. The summed E-state index contributed by atoms with van der Waals surface area (Å²) < 4.78 is 33.3. The van der Waals surface area contributed by atoms with Crippen LogP contribution in [0.2, 0.25) is 0 Å². The Bertz CT molecular complexity index is 762. The number of anilines is 1. The first-order valence-corrected chi connectivity index (χ1v) is 9.58. The van der Waals surface area contributed by atoms with Crippen LogP contribution in [0.5, 0.6) is 11.5 Å². The van der Waals surface area contributed by atoms with E-state index in [0.717, 1.165) is 0 Å². The second-order valence-corrected chi connectivity index (χ2v) is 8.04. The SMILES string of the molecule is COc1ccc(N(CC(=O)NC2CCS(=O)(=O)C2)C(C)=O)cc1OC. The van der Waals surface area contributed by atoms with Gasteiger partial charge >= 0.3 is 0 Å². The van der Waals surface area contributed by atoms with E-state index in [-0.39, 0.29) is 24.0 Å². The number of benzene rings is 1. The molecule has 0 saturated carbocycles. The molecule has 0 bridgehead atoms. The molecule has 1 aromatic rings. The largest absolute Gasteiger partial charge is 0.493 e. The molecule has 9 heteroatoms. The first kappa shape index (κ1) is 19.0. The zero-order chi connectivity index (χ0) is 18.6. The maximum Gasteiger partial charge on any atom is 0.240 e. The van der Waals surface area contributed by atoms with Crippen LogP contribution < -0.4 is 19.7 Å². The van der Waals surface area contributed by atoms with Crippen molar-refractivity contribution in [1.29, 1.82) is 0 Å². The van der Waals surface area contributed by atoms with E-state index in [4.69, 9.17) is 9.47 Å². The minimum atomic E-state index is -3.08. The van der Waals surface area contributed by atoms with Gasteiger partial charge in [-0.3, -0.25) is 9.59 Å². The zero-order valence-corrected chi connectivity index (χ0v) is 15.3. The fourth-order valence-corrected chi connectivity index (χ4v) is 4.38. The molecule has 1 fully saturated rings. The number of methoxy groups -OCH3 is 2. The Balaban J connectivity index is 2.11. The Morgan fingerprint density at radius 3 is 2.44 bits per heavy atom. The van der Waals surface area contributed by atoms with Crippen molar-refractivity contribution in [3.63, 3.8) is 0 Å². The summed E-state index contributed by atoms with van der Waals surface area (Å²) in [5.41, 5.74) is 0.486. The van der Waals surface area contributed by atoms with E-state index in [0.29, 0.717) is 23.6 Å². The van der Waals surface area contributed by atoms with Gasteiger partial charge in [0.05, 0.1) is 25.7 Å². The number of rotatable bonds is 6. The minimum absolute atomic E-state index is 0.0603. The van der Waals surface area contributed by atoms with Crippen molar-refractivity contribution in [3.8, 4) is 11.5 Å². The minimum Gasteiger partial charge on any atom is -0.493 e. The summed E-state index contributed by atoms with van der Waals surface area (Å²) in [5, 5.41) is 2.67. The van der Waals surface area contributed by atoms with Gasteiger partial charge in [-0.25, -0.2) is 8.42 Å². The summed E-state index contributed by atoms with van der Waals surface area (Å²) in [6.45, 7) is 1.14. The fourth-order valence-electron chi connectivity index (χ4n) is 2.70. The molecule has 1 aliphatic rings. The van der Waals surface area contributed by atoms with Crippen LogP contribution in [0.3, 0.4) is 0 Å². The summed E-state index contributed by atoms with van der Waals surface area (Å²) in [7, 11) is -0.0980. The molecule has 0 spiro atoms. The van der Waals surface area contributed by atoms with Crippen LogP contribution >= 0.6 is 0 Å². The maximum atomic E-state index is 12.2. The van der Waals surface area contributed by atoms with Crippen molar-refractivity contribution in [3.05, 3.63) is 18.2 Å². The average molecular weight is 370 g/mol. The molecule has 1 atom stereocenters. The van der Waals surface area contributed by atoms with E-state index < -0.39 is 21.8 Å². The third-order valence-electron chi connectivity index (χ3n) is 3.96. The highest BCUT2D eigenvalue weighted by Gasteiger charge is 2.29. The quantitative estimate of drug-likeness (QED) is 0.776. The lowest BCUT2D eigenvalue weighted by Gasteiger charge is -2.22. The summed E-state index contributed by atoms with van der Waals surface area (Å²) >= 11 is 0. The van der Waals surface area contributed by atoms with Gasteiger partial charge in [0.25, 0.3) is 0 Å². The van der Waals surface area contributed by atoms with Crippen LogP contribution in [-0.4, -0.2) is 58.5 Å². The Morgan fingerprint density at radius 2 is 1.92 bits per heavy atom.